The highest BCUT2D eigenvalue weighted by Crippen LogP contribution is 2.40. The number of carbonyl (C=O) groups excluding carboxylic acids is 2. The van der Waals surface area contributed by atoms with Gasteiger partial charge in [-0.25, -0.2) is 8.42 Å². The van der Waals surface area contributed by atoms with Gasteiger partial charge in [0.05, 0.1) is 6.61 Å². The Morgan fingerprint density at radius 2 is 2.11 bits per heavy atom. The van der Waals surface area contributed by atoms with E-state index in [0.29, 0.717) is 18.8 Å². The predicted octanol–water partition coefficient (Wildman–Crippen LogP) is 1.03. The van der Waals surface area contributed by atoms with E-state index in [0.717, 1.165) is 18.6 Å². The number of nitrogens with zero attached hydrogens (tertiary/aromatic N) is 2. The Hall–Kier alpha value is -1.94. The minimum absolute atomic E-state index is 0.141. The van der Waals surface area contributed by atoms with Crippen molar-refractivity contribution in [3.8, 4) is 0 Å². The summed E-state index contributed by atoms with van der Waals surface area (Å²) in [6.07, 6.45) is 3.05. The minimum Gasteiger partial charge on any atom is -0.465 e. The largest absolute Gasteiger partial charge is 0.465 e. The SMILES string of the molecule is CCOC(=O)CS(=O)(=O)N1CC[C@H](NC(=O)c2cc(C3CC3)on2)C[C@@H]1C. The molecule has 1 aromatic rings. The lowest BCUT2D eigenvalue weighted by Gasteiger charge is -2.36. The molecule has 2 heterocycles. The van der Waals surface area contributed by atoms with Crippen LogP contribution in [0.2, 0.25) is 0 Å². The molecule has 2 fully saturated rings. The summed E-state index contributed by atoms with van der Waals surface area (Å²) >= 11 is 0. The van der Waals surface area contributed by atoms with E-state index >= 15 is 0 Å². The summed E-state index contributed by atoms with van der Waals surface area (Å²) in [5.74, 6) is -0.603. The number of sulfonamides is 1. The van der Waals surface area contributed by atoms with Crippen LogP contribution in [0.25, 0.3) is 0 Å². The first-order valence-electron chi connectivity index (χ1n) is 9.22. The first-order valence-corrected chi connectivity index (χ1v) is 10.8. The van der Waals surface area contributed by atoms with Gasteiger partial charge in [-0.05, 0) is 39.5 Å². The van der Waals surface area contributed by atoms with Crippen LogP contribution in [0.5, 0.6) is 0 Å². The molecule has 0 spiro atoms. The Balaban J connectivity index is 1.54. The number of amides is 1. The van der Waals surface area contributed by atoms with Crippen molar-refractivity contribution in [2.75, 3.05) is 18.9 Å². The van der Waals surface area contributed by atoms with Crippen LogP contribution < -0.4 is 5.32 Å². The maximum atomic E-state index is 12.4. The highest BCUT2D eigenvalue weighted by Gasteiger charge is 2.36. The number of rotatable bonds is 7. The normalized spacial score (nSPS) is 23.8. The van der Waals surface area contributed by atoms with Crippen LogP contribution in [0.4, 0.5) is 0 Å². The zero-order chi connectivity index (χ0) is 19.6. The van der Waals surface area contributed by atoms with Gasteiger partial charge in [-0.3, -0.25) is 9.59 Å². The second kappa shape index (κ2) is 7.97. The Labute approximate surface area is 158 Å². The third-order valence-electron chi connectivity index (χ3n) is 4.85. The van der Waals surface area contributed by atoms with Gasteiger partial charge in [0.1, 0.15) is 5.76 Å². The lowest BCUT2D eigenvalue weighted by atomic mass is 10.0. The van der Waals surface area contributed by atoms with Crippen molar-refractivity contribution >= 4 is 21.9 Å². The molecule has 2 atom stereocenters. The highest BCUT2D eigenvalue weighted by molar-refractivity contribution is 7.89. The van der Waals surface area contributed by atoms with E-state index in [1.807, 2.05) is 0 Å². The average molecular weight is 399 g/mol. The molecule has 0 bridgehead atoms. The molecule has 1 aliphatic carbocycles. The van der Waals surface area contributed by atoms with Gasteiger partial charge in [-0.2, -0.15) is 4.31 Å². The van der Waals surface area contributed by atoms with E-state index in [1.165, 1.54) is 4.31 Å². The van der Waals surface area contributed by atoms with Crippen LogP contribution in [-0.4, -0.2) is 60.7 Å². The molecule has 1 saturated heterocycles. The fourth-order valence-corrected chi connectivity index (χ4v) is 4.91. The van der Waals surface area contributed by atoms with Gasteiger partial charge in [0.25, 0.3) is 5.91 Å². The monoisotopic (exact) mass is 399 g/mol. The summed E-state index contributed by atoms with van der Waals surface area (Å²) in [5, 5.41) is 6.72. The molecule has 1 saturated carbocycles. The van der Waals surface area contributed by atoms with Crippen LogP contribution in [0.1, 0.15) is 61.7 Å². The van der Waals surface area contributed by atoms with Gasteiger partial charge >= 0.3 is 5.97 Å². The molecule has 10 heteroatoms. The van der Waals surface area contributed by atoms with Crippen LogP contribution in [-0.2, 0) is 19.6 Å². The molecule has 2 aliphatic rings. The summed E-state index contributed by atoms with van der Waals surface area (Å²) in [7, 11) is -3.74. The predicted molar refractivity (Wildman–Crippen MR) is 95.6 cm³/mol. The molecule has 1 aromatic heterocycles. The number of ether oxygens (including phenoxy) is 1. The smallest absolute Gasteiger partial charge is 0.322 e. The molecule has 1 N–H and O–H groups in total. The molecular weight excluding hydrogens is 374 g/mol. The summed E-state index contributed by atoms with van der Waals surface area (Å²) in [6, 6.07) is 1.18. The first kappa shape index (κ1) is 19.8. The Kier molecular flexibility index (Phi) is 5.85. The molecule has 27 heavy (non-hydrogen) atoms. The molecule has 1 amide bonds. The molecule has 9 nitrogen and oxygen atoms in total. The molecule has 150 valence electrons. The van der Waals surface area contributed by atoms with Crippen LogP contribution in [0.15, 0.2) is 10.6 Å². The summed E-state index contributed by atoms with van der Waals surface area (Å²) < 4.78 is 36.1. The minimum atomic E-state index is -3.74. The van der Waals surface area contributed by atoms with E-state index in [-0.39, 0.29) is 36.8 Å². The van der Waals surface area contributed by atoms with Gasteiger partial charge < -0.3 is 14.6 Å². The van der Waals surface area contributed by atoms with Gasteiger partial charge in [-0.15, -0.1) is 0 Å². The molecule has 3 rings (SSSR count). The van der Waals surface area contributed by atoms with Crippen molar-refractivity contribution in [2.24, 2.45) is 0 Å². The summed E-state index contributed by atoms with van der Waals surface area (Å²) in [6.45, 7) is 3.77. The van der Waals surface area contributed by atoms with Crippen molar-refractivity contribution in [3.05, 3.63) is 17.5 Å². The van der Waals surface area contributed by atoms with Gasteiger partial charge in [-0.1, -0.05) is 5.16 Å². The summed E-state index contributed by atoms with van der Waals surface area (Å²) in [4.78, 5) is 23.9. The van der Waals surface area contributed by atoms with E-state index < -0.39 is 21.7 Å². The fraction of sp³-hybridized carbons (Fsp3) is 0.706. The molecular formula is C17H25N3O6S. The third kappa shape index (κ3) is 4.86. The molecule has 0 aromatic carbocycles. The first-order chi connectivity index (χ1) is 12.8. The van der Waals surface area contributed by atoms with Gasteiger partial charge in [0, 0.05) is 30.6 Å². The average Bonchev–Trinajstić information content (AvgIpc) is 3.31. The quantitative estimate of drug-likeness (QED) is 0.680. The van der Waals surface area contributed by atoms with Crippen molar-refractivity contribution in [2.45, 2.75) is 57.5 Å². The second-order valence-electron chi connectivity index (χ2n) is 7.10. The maximum absolute atomic E-state index is 12.4. The van der Waals surface area contributed by atoms with E-state index in [9.17, 15) is 18.0 Å². The maximum Gasteiger partial charge on any atom is 0.322 e. The number of esters is 1. The van der Waals surface area contributed by atoms with Crippen LogP contribution in [0.3, 0.4) is 0 Å². The zero-order valence-electron chi connectivity index (χ0n) is 15.5. The van der Waals surface area contributed by atoms with Crippen molar-refractivity contribution in [1.82, 2.24) is 14.8 Å². The number of aromatic nitrogens is 1. The Bertz CT molecular complexity index is 801. The number of nitrogens with one attached hydrogen (secondary N) is 1. The van der Waals surface area contributed by atoms with Crippen LogP contribution >= 0.6 is 0 Å². The number of piperidine rings is 1. The Morgan fingerprint density at radius 1 is 1.37 bits per heavy atom. The van der Waals surface area contributed by atoms with E-state index in [1.54, 1.807) is 19.9 Å². The van der Waals surface area contributed by atoms with Gasteiger partial charge in [0.15, 0.2) is 11.4 Å². The highest BCUT2D eigenvalue weighted by atomic mass is 32.2. The standard InChI is InChI=1S/C17H25N3O6S/c1-3-25-16(21)10-27(23,24)20-7-6-13(8-11(20)2)18-17(22)14-9-15(26-19-14)12-4-5-12/h9,11-13H,3-8,10H2,1-2H3,(H,18,22)/t11-,13-/m0/s1. The zero-order valence-corrected chi connectivity index (χ0v) is 16.3. The second-order valence-corrected chi connectivity index (χ2v) is 9.03. The van der Waals surface area contributed by atoms with Crippen molar-refractivity contribution in [3.63, 3.8) is 0 Å². The van der Waals surface area contributed by atoms with Gasteiger partial charge in [0.2, 0.25) is 10.0 Å². The number of hydrogen-bond donors (Lipinski definition) is 1. The summed E-state index contributed by atoms with van der Waals surface area (Å²) in [5.41, 5.74) is 0.252. The number of carbonyl (C=O) groups is 2. The third-order valence-corrected chi connectivity index (χ3v) is 6.71. The Morgan fingerprint density at radius 3 is 2.74 bits per heavy atom. The fourth-order valence-electron chi connectivity index (χ4n) is 3.35. The lowest BCUT2D eigenvalue weighted by Crippen LogP contribution is -2.52. The van der Waals surface area contributed by atoms with Crippen LogP contribution in [0, 0.1) is 0 Å². The molecule has 0 unspecified atom stereocenters. The van der Waals surface area contributed by atoms with E-state index in [2.05, 4.69) is 10.5 Å². The van der Waals surface area contributed by atoms with Crippen molar-refractivity contribution < 1.29 is 27.3 Å². The molecule has 1 aliphatic heterocycles. The lowest BCUT2D eigenvalue weighted by molar-refractivity contribution is -0.140. The molecule has 0 radical (unpaired) electrons. The topological polar surface area (TPSA) is 119 Å². The van der Waals surface area contributed by atoms with Crippen molar-refractivity contribution in [1.29, 1.82) is 0 Å². The van der Waals surface area contributed by atoms with E-state index in [4.69, 9.17) is 9.26 Å². The number of hydrogen-bond acceptors (Lipinski definition) is 7.